The smallest absolute Gasteiger partial charge is 0.323 e. The zero-order valence-electron chi connectivity index (χ0n) is 9.60. The third kappa shape index (κ3) is 3.21. The summed E-state index contributed by atoms with van der Waals surface area (Å²) in [7, 11) is 0. The van der Waals surface area contributed by atoms with Gasteiger partial charge >= 0.3 is 6.21 Å². The molecule has 1 aromatic rings. The lowest BCUT2D eigenvalue weighted by Crippen LogP contribution is -2.21. The van der Waals surface area contributed by atoms with Crippen LogP contribution in [0.5, 0.6) is 0 Å². The van der Waals surface area contributed by atoms with Gasteiger partial charge in [0.2, 0.25) is 5.78 Å². The number of rotatable bonds is 4. The van der Waals surface area contributed by atoms with E-state index in [1.165, 1.54) is 0 Å². The maximum Gasteiger partial charge on any atom is 0.323 e. The van der Waals surface area contributed by atoms with Crippen LogP contribution in [0.1, 0.15) is 18.1 Å². The van der Waals surface area contributed by atoms with Crippen LogP contribution in [0, 0.1) is 0 Å². The van der Waals surface area contributed by atoms with Gasteiger partial charge in [-0.15, -0.1) is 0 Å². The molecule has 2 rings (SSSR count). The number of Topliss-reactive ketones (excluding diaryl/α,β-unsaturated/α-hetero) is 1. The number of benzene rings is 1. The van der Waals surface area contributed by atoms with Crippen LogP contribution in [0.25, 0.3) is 5.53 Å². The Morgan fingerprint density at radius 3 is 2.67 bits per heavy atom. The van der Waals surface area contributed by atoms with Crippen molar-refractivity contribution in [2.75, 3.05) is 0 Å². The van der Waals surface area contributed by atoms with Crippen LogP contribution >= 0.6 is 0 Å². The van der Waals surface area contributed by atoms with E-state index in [0.29, 0.717) is 0 Å². The van der Waals surface area contributed by atoms with Crippen LogP contribution < -0.4 is 0 Å². The Labute approximate surface area is 104 Å². The van der Waals surface area contributed by atoms with Crippen molar-refractivity contribution in [1.29, 1.82) is 0 Å². The van der Waals surface area contributed by atoms with Gasteiger partial charge in [0.05, 0.1) is 6.42 Å². The van der Waals surface area contributed by atoms with Crippen LogP contribution in [0.15, 0.2) is 42.5 Å². The SMILES string of the molecule is [N-]=[N+]=CC(=O)C[C@H]1C=C[C@@H](c2ccccc2)OO1. The van der Waals surface area contributed by atoms with E-state index in [1.54, 1.807) is 6.08 Å². The first kappa shape index (κ1) is 12.4. The largest absolute Gasteiger partial charge is 0.361 e. The second-order valence-electron chi connectivity index (χ2n) is 3.86. The van der Waals surface area contributed by atoms with Crippen LogP contribution in [0.4, 0.5) is 0 Å². The first-order valence-corrected chi connectivity index (χ1v) is 5.55. The van der Waals surface area contributed by atoms with Crippen LogP contribution in [-0.2, 0) is 14.6 Å². The summed E-state index contributed by atoms with van der Waals surface area (Å²) >= 11 is 0. The summed E-state index contributed by atoms with van der Waals surface area (Å²) in [5.41, 5.74) is 9.20. The molecule has 1 aromatic carbocycles. The molecule has 2 atom stereocenters. The first-order valence-electron chi connectivity index (χ1n) is 5.55. The van der Waals surface area contributed by atoms with Crippen molar-refractivity contribution >= 4 is 12.0 Å². The summed E-state index contributed by atoms with van der Waals surface area (Å²) in [6.45, 7) is 0. The minimum Gasteiger partial charge on any atom is -0.361 e. The topological polar surface area (TPSA) is 71.9 Å². The molecule has 0 bridgehead atoms. The van der Waals surface area contributed by atoms with Crippen molar-refractivity contribution in [3.63, 3.8) is 0 Å². The molecule has 1 aliphatic heterocycles. The van der Waals surface area contributed by atoms with Gasteiger partial charge in [0, 0.05) is 0 Å². The van der Waals surface area contributed by atoms with E-state index in [9.17, 15) is 4.79 Å². The molecule has 0 spiro atoms. The second kappa shape index (κ2) is 6.02. The van der Waals surface area contributed by atoms with Crippen molar-refractivity contribution in [2.45, 2.75) is 18.6 Å². The summed E-state index contributed by atoms with van der Waals surface area (Å²) in [6.07, 6.45) is 3.83. The fraction of sp³-hybridized carbons (Fsp3) is 0.231. The zero-order chi connectivity index (χ0) is 12.8. The predicted molar refractivity (Wildman–Crippen MR) is 63.6 cm³/mol. The van der Waals surface area contributed by atoms with E-state index >= 15 is 0 Å². The number of nitrogens with zero attached hydrogens (tertiary/aromatic N) is 2. The van der Waals surface area contributed by atoms with Gasteiger partial charge in [-0.05, 0) is 11.6 Å². The average molecular weight is 244 g/mol. The van der Waals surface area contributed by atoms with Crippen molar-refractivity contribution < 1.29 is 19.4 Å². The molecule has 1 heterocycles. The van der Waals surface area contributed by atoms with Crippen molar-refractivity contribution in [2.24, 2.45) is 0 Å². The number of hydrogen-bond acceptors (Lipinski definition) is 3. The second-order valence-corrected chi connectivity index (χ2v) is 3.86. The summed E-state index contributed by atoms with van der Waals surface area (Å²) in [6, 6.07) is 9.62. The van der Waals surface area contributed by atoms with Gasteiger partial charge in [-0.25, -0.2) is 9.78 Å². The lowest BCUT2D eigenvalue weighted by atomic mass is 10.1. The maximum atomic E-state index is 11.2. The van der Waals surface area contributed by atoms with E-state index < -0.39 is 6.10 Å². The first-order chi connectivity index (χ1) is 8.79. The minimum absolute atomic E-state index is 0.0854. The highest BCUT2D eigenvalue weighted by Gasteiger charge is 2.21. The molecule has 0 amide bonds. The summed E-state index contributed by atoms with van der Waals surface area (Å²) in [5, 5.41) is 0. The molecule has 0 aromatic heterocycles. The summed E-state index contributed by atoms with van der Waals surface area (Å²) in [5.74, 6) is -0.325. The molecule has 0 fully saturated rings. The molecule has 0 radical (unpaired) electrons. The monoisotopic (exact) mass is 244 g/mol. The van der Waals surface area contributed by atoms with Crippen molar-refractivity contribution in [3.05, 3.63) is 53.6 Å². The Bertz CT molecular complexity index is 492. The molecule has 0 saturated heterocycles. The average Bonchev–Trinajstić information content (AvgIpc) is 2.41. The van der Waals surface area contributed by atoms with Crippen molar-refractivity contribution in [3.8, 4) is 0 Å². The Kier molecular flexibility index (Phi) is 4.15. The quantitative estimate of drug-likeness (QED) is 0.267. The van der Waals surface area contributed by atoms with Crippen LogP contribution in [0.3, 0.4) is 0 Å². The summed E-state index contributed by atoms with van der Waals surface area (Å²) < 4.78 is 0. The Balaban J connectivity index is 1.96. The molecule has 18 heavy (non-hydrogen) atoms. The molecule has 5 heteroatoms. The maximum absolute atomic E-state index is 11.2. The van der Waals surface area contributed by atoms with Gasteiger partial charge in [-0.3, -0.25) is 4.79 Å². The number of hydrogen-bond donors (Lipinski definition) is 0. The fourth-order valence-corrected chi connectivity index (χ4v) is 1.65. The van der Waals surface area contributed by atoms with Crippen LogP contribution in [-0.4, -0.2) is 22.9 Å². The van der Waals surface area contributed by atoms with E-state index in [4.69, 9.17) is 15.3 Å². The number of carbonyl (C=O) groups is 1. The fourth-order valence-electron chi connectivity index (χ4n) is 1.65. The van der Waals surface area contributed by atoms with Gasteiger partial charge < -0.3 is 5.53 Å². The van der Waals surface area contributed by atoms with Gasteiger partial charge in [-0.1, -0.05) is 36.4 Å². The lowest BCUT2D eigenvalue weighted by Gasteiger charge is -2.21. The van der Waals surface area contributed by atoms with E-state index in [1.807, 2.05) is 36.4 Å². The molecule has 0 unspecified atom stereocenters. The summed E-state index contributed by atoms with van der Waals surface area (Å²) in [4.78, 5) is 24.2. The third-order valence-electron chi connectivity index (χ3n) is 2.52. The molecular formula is C13H12N2O3. The number of carbonyl (C=O) groups excluding carboxylic acids is 1. The zero-order valence-corrected chi connectivity index (χ0v) is 9.60. The van der Waals surface area contributed by atoms with Crippen LogP contribution in [0.2, 0.25) is 0 Å². The molecule has 1 aliphatic rings. The van der Waals surface area contributed by atoms with Gasteiger partial charge in [-0.2, -0.15) is 4.79 Å². The van der Waals surface area contributed by atoms with E-state index in [-0.39, 0.29) is 18.3 Å². The van der Waals surface area contributed by atoms with Gasteiger partial charge in [0.1, 0.15) is 12.2 Å². The molecule has 0 N–H and O–H groups in total. The van der Waals surface area contributed by atoms with Gasteiger partial charge in [0.15, 0.2) is 0 Å². The Morgan fingerprint density at radius 2 is 2.06 bits per heavy atom. The predicted octanol–water partition coefficient (Wildman–Crippen LogP) is 1.87. The highest BCUT2D eigenvalue weighted by Crippen LogP contribution is 2.24. The third-order valence-corrected chi connectivity index (χ3v) is 2.52. The minimum atomic E-state index is -0.449. The van der Waals surface area contributed by atoms with Gasteiger partial charge in [0.25, 0.3) is 0 Å². The normalized spacial score (nSPS) is 22.2. The molecular weight excluding hydrogens is 232 g/mol. The highest BCUT2D eigenvalue weighted by atomic mass is 17.2. The Hall–Kier alpha value is -2.07. The standard InChI is InChI=1S/C13H12N2O3/c14-15-9-11(16)8-12-6-7-13(18-17-12)10-4-2-1-3-5-10/h1-7,9,12-13H,8H2/t12-,13+/m1/s1. The van der Waals surface area contributed by atoms with E-state index in [2.05, 4.69) is 4.79 Å². The molecule has 5 nitrogen and oxygen atoms in total. The lowest BCUT2D eigenvalue weighted by molar-refractivity contribution is -0.341. The molecule has 92 valence electrons. The molecule has 0 saturated carbocycles. The van der Waals surface area contributed by atoms with Crippen molar-refractivity contribution in [1.82, 2.24) is 0 Å². The van der Waals surface area contributed by atoms with E-state index in [0.717, 1.165) is 11.8 Å². The number of ketones is 1. The highest BCUT2D eigenvalue weighted by molar-refractivity contribution is 6.25. The Morgan fingerprint density at radius 1 is 1.28 bits per heavy atom. The molecule has 0 aliphatic carbocycles.